The second-order valence-electron chi connectivity index (χ2n) is 5.22. The molecular formula is C12H15N3O. The van der Waals surface area contributed by atoms with Crippen molar-refractivity contribution in [3.63, 3.8) is 0 Å². The number of ketones is 1. The summed E-state index contributed by atoms with van der Waals surface area (Å²) in [6.45, 7) is 0. The van der Waals surface area contributed by atoms with Crippen LogP contribution >= 0.6 is 0 Å². The molecule has 5 atom stereocenters. The van der Waals surface area contributed by atoms with Crippen molar-refractivity contribution in [1.82, 2.24) is 0 Å². The molecule has 2 fully saturated rings. The summed E-state index contributed by atoms with van der Waals surface area (Å²) in [5.41, 5.74) is 8.52. The van der Waals surface area contributed by atoms with Crippen LogP contribution in [0.25, 0.3) is 10.4 Å². The monoisotopic (exact) mass is 217 g/mol. The van der Waals surface area contributed by atoms with Crippen molar-refractivity contribution in [2.24, 2.45) is 28.8 Å². The van der Waals surface area contributed by atoms with E-state index in [1.807, 2.05) is 6.08 Å². The van der Waals surface area contributed by atoms with Crippen LogP contribution in [-0.2, 0) is 4.79 Å². The highest BCUT2D eigenvalue weighted by Gasteiger charge is 2.51. The molecule has 84 valence electrons. The van der Waals surface area contributed by atoms with Gasteiger partial charge in [-0.25, -0.2) is 0 Å². The Morgan fingerprint density at radius 3 is 3.00 bits per heavy atom. The van der Waals surface area contributed by atoms with Gasteiger partial charge in [0.15, 0.2) is 0 Å². The Morgan fingerprint density at radius 1 is 1.44 bits per heavy atom. The van der Waals surface area contributed by atoms with Gasteiger partial charge in [0, 0.05) is 16.7 Å². The Bertz CT molecular complexity index is 397. The van der Waals surface area contributed by atoms with E-state index in [-0.39, 0.29) is 17.9 Å². The van der Waals surface area contributed by atoms with E-state index < -0.39 is 0 Å². The molecule has 2 bridgehead atoms. The second-order valence-corrected chi connectivity index (χ2v) is 5.22. The fourth-order valence-electron chi connectivity index (χ4n) is 3.87. The van der Waals surface area contributed by atoms with Crippen LogP contribution in [0.4, 0.5) is 0 Å². The van der Waals surface area contributed by atoms with Gasteiger partial charge < -0.3 is 0 Å². The molecule has 4 heteroatoms. The van der Waals surface area contributed by atoms with Gasteiger partial charge in [0.25, 0.3) is 0 Å². The summed E-state index contributed by atoms with van der Waals surface area (Å²) in [6, 6.07) is -0.0849. The molecule has 0 N–H and O–H groups in total. The number of hydrogen-bond acceptors (Lipinski definition) is 2. The van der Waals surface area contributed by atoms with Crippen LogP contribution in [0.5, 0.6) is 0 Å². The lowest BCUT2D eigenvalue weighted by molar-refractivity contribution is -0.127. The zero-order valence-corrected chi connectivity index (χ0v) is 9.12. The van der Waals surface area contributed by atoms with Gasteiger partial charge in [-0.1, -0.05) is 17.3 Å². The first-order chi connectivity index (χ1) is 7.81. The fourth-order valence-corrected chi connectivity index (χ4v) is 3.87. The minimum atomic E-state index is -0.0849. The van der Waals surface area contributed by atoms with Crippen molar-refractivity contribution in [1.29, 1.82) is 0 Å². The van der Waals surface area contributed by atoms with Gasteiger partial charge in [-0.3, -0.25) is 4.79 Å². The average Bonchev–Trinajstić information content (AvgIpc) is 2.94. The molecule has 0 amide bonds. The number of rotatable bonds is 2. The summed E-state index contributed by atoms with van der Waals surface area (Å²) < 4.78 is 0. The molecule has 16 heavy (non-hydrogen) atoms. The van der Waals surface area contributed by atoms with E-state index in [0.29, 0.717) is 17.6 Å². The predicted octanol–water partition coefficient (Wildman–Crippen LogP) is 2.86. The van der Waals surface area contributed by atoms with Gasteiger partial charge >= 0.3 is 0 Å². The van der Waals surface area contributed by atoms with Crippen LogP contribution < -0.4 is 0 Å². The van der Waals surface area contributed by atoms with E-state index in [1.54, 1.807) is 0 Å². The van der Waals surface area contributed by atoms with Crippen molar-refractivity contribution in [3.05, 3.63) is 22.6 Å². The molecule has 3 aliphatic carbocycles. The first-order valence-electron chi connectivity index (χ1n) is 6.06. The Kier molecular flexibility index (Phi) is 2.25. The zero-order valence-electron chi connectivity index (χ0n) is 9.12. The van der Waals surface area contributed by atoms with Gasteiger partial charge in [-0.05, 0) is 43.1 Å². The van der Waals surface area contributed by atoms with Gasteiger partial charge in [-0.2, -0.15) is 0 Å². The van der Waals surface area contributed by atoms with Crippen LogP contribution in [0.3, 0.4) is 0 Å². The number of Topliss-reactive ketones (excluding diaryl/α,β-unsaturated/α-hetero) is 1. The number of fused-ring (bicyclic) bond motifs is 2. The normalized spacial score (nSPS) is 45.0. The van der Waals surface area contributed by atoms with Crippen LogP contribution in [-0.4, -0.2) is 11.8 Å². The molecule has 0 aliphatic heterocycles. The highest BCUT2D eigenvalue weighted by Crippen LogP contribution is 2.51. The van der Waals surface area contributed by atoms with Gasteiger partial charge in [-0.15, -0.1) is 0 Å². The minimum Gasteiger partial charge on any atom is -0.299 e. The number of azide groups is 1. The van der Waals surface area contributed by atoms with Gasteiger partial charge in [0.1, 0.15) is 5.78 Å². The standard InChI is InChI=1S/C12H15N3O/c13-15-14-10-3-1-2-9(10)11-7-4-5-8(6-7)12(11)16/h1,3,7-11H,2,4-6H2/t7-,8+,9?,10?,11-/m1/s1. The van der Waals surface area contributed by atoms with Crippen molar-refractivity contribution in [2.45, 2.75) is 31.7 Å². The Hall–Kier alpha value is -1.28. The van der Waals surface area contributed by atoms with E-state index in [9.17, 15) is 4.79 Å². The van der Waals surface area contributed by atoms with E-state index in [1.165, 1.54) is 6.42 Å². The molecule has 2 saturated carbocycles. The minimum absolute atomic E-state index is 0.0849. The fraction of sp³-hybridized carbons (Fsp3) is 0.750. The zero-order chi connectivity index (χ0) is 11.1. The van der Waals surface area contributed by atoms with E-state index in [4.69, 9.17) is 5.53 Å². The first kappa shape index (κ1) is 9.91. The third-order valence-electron chi connectivity index (χ3n) is 4.54. The molecule has 3 rings (SSSR count). The maximum atomic E-state index is 12.1. The van der Waals surface area contributed by atoms with Crippen molar-refractivity contribution in [2.75, 3.05) is 0 Å². The smallest absolute Gasteiger partial charge is 0.139 e. The highest BCUT2D eigenvalue weighted by molar-refractivity contribution is 5.87. The molecule has 2 unspecified atom stereocenters. The molecule has 0 radical (unpaired) electrons. The molecular weight excluding hydrogens is 202 g/mol. The number of allylic oxidation sites excluding steroid dienone is 1. The molecule has 0 aromatic carbocycles. The van der Waals surface area contributed by atoms with Crippen molar-refractivity contribution < 1.29 is 4.79 Å². The van der Waals surface area contributed by atoms with E-state index in [2.05, 4.69) is 16.1 Å². The maximum Gasteiger partial charge on any atom is 0.139 e. The summed E-state index contributed by atoms with van der Waals surface area (Å²) in [5.74, 6) is 1.76. The topological polar surface area (TPSA) is 65.8 Å². The van der Waals surface area contributed by atoms with E-state index in [0.717, 1.165) is 19.3 Å². The first-order valence-corrected chi connectivity index (χ1v) is 6.06. The lowest BCUT2D eigenvalue weighted by Gasteiger charge is -2.28. The number of nitrogens with zero attached hydrogens (tertiary/aromatic N) is 3. The largest absolute Gasteiger partial charge is 0.299 e. The molecule has 0 spiro atoms. The molecule has 0 heterocycles. The Morgan fingerprint density at radius 2 is 2.31 bits per heavy atom. The van der Waals surface area contributed by atoms with Crippen LogP contribution in [0.1, 0.15) is 25.7 Å². The predicted molar refractivity (Wildman–Crippen MR) is 59.5 cm³/mol. The van der Waals surface area contributed by atoms with E-state index >= 15 is 0 Å². The summed E-state index contributed by atoms with van der Waals surface area (Å²) in [7, 11) is 0. The highest BCUT2D eigenvalue weighted by atomic mass is 16.1. The third kappa shape index (κ3) is 1.30. The summed E-state index contributed by atoms with van der Waals surface area (Å²) in [5, 5.41) is 3.81. The molecule has 3 aliphatic rings. The lowest BCUT2D eigenvalue weighted by Crippen LogP contribution is -2.33. The SMILES string of the molecule is [N-]=[N+]=NC1C=CCC1[C@@H]1C(=O)[C@H]2CC[C@@H]1C2. The molecule has 0 aromatic rings. The maximum absolute atomic E-state index is 12.1. The molecule has 0 aromatic heterocycles. The third-order valence-corrected chi connectivity index (χ3v) is 4.54. The van der Waals surface area contributed by atoms with Gasteiger partial charge in [0.05, 0.1) is 6.04 Å². The number of carbonyl (C=O) groups excluding carboxylic acids is 1. The van der Waals surface area contributed by atoms with Crippen LogP contribution in [0, 0.1) is 23.7 Å². The molecule has 0 saturated heterocycles. The summed E-state index contributed by atoms with van der Waals surface area (Å²) >= 11 is 0. The van der Waals surface area contributed by atoms with Gasteiger partial charge in [0.2, 0.25) is 0 Å². The van der Waals surface area contributed by atoms with Crippen molar-refractivity contribution in [3.8, 4) is 0 Å². The average molecular weight is 217 g/mol. The Balaban J connectivity index is 1.83. The Labute approximate surface area is 94.3 Å². The number of carbonyl (C=O) groups is 1. The van der Waals surface area contributed by atoms with Crippen LogP contribution in [0.15, 0.2) is 17.3 Å². The summed E-state index contributed by atoms with van der Waals surface area (Å²) in [6.07, 6.45) is 8.30. The molecule has 4 nitrogen and oxygen atoms in total. The quantitative estimate of drug-likeness (QED) is 0.303. The summed E-state index contributed by atoms with van der Waals surface area (Å²) in [4.78, 5) is 15.0. The van der Waals surface area contributed by atoms with Crippen LogP contribution in [0.2, 0.25) is 0 Å². The lowest BCUT2D eigenvalue weighted by atomic mass is 9.76. The van der Waals surface area contributed by atoms with Crippen molar-refractivity contribution >= 4 is 5.78 Å². The second kappa shape index (κ2) is 3.63. The number of hydrogen-bond donors (Lipinski definition) is 0.